The minimum absolute atomic E-state index is 0.895. The number of methoxy groups -OCH3 is 1. The first-order valence-electron chi connectivity index (χ1n) is 6.64. The highest BCUT2D eigenvalue weighted by atomic mass is 16.5. The van der Waals surface area contributed by atoms with Gasteiger partial charge in [-0.1, -0.05) is 30.3 Å². The van der Waals surface area contributed by atoms with Crippen LogP contribution in [0.5, 0.6) is 5.75 Å². The molecule has 0 saturated heterocycles. The molecule has 0 unspecified atom stereocenters. The molecule has 3 nitrogen and oxygen atoms in total. The number of likely N-dealkylation sites (N-methyl/N-ethyl adjacent to an activating group) is 2. The monoisotopic (exact) mass is 258 g/mol. The van der Waals surface area contributed by atoms with Crippen molar-refractivity contribution in [3.63, 3.8) is 0 Å². The predicted molar refractivity (Wildman–Crippen MR) is 80.8 cm³/mol. The zero-order valence-electron chi connectivity index (χ0n) is 11.9. The molecule has 2 rings (SSSR count). The quantitative estimate of drug-likeness (QED) is 0.861. The van der Waals surface area contributed by atoms with Crippen LogP contribution in [0.3, 0.4) is 0 Å². The topological polar surface area (TPSA) is 24.5 Å². The van der Waals surface area contributed by atoms with Crippen molar-refractivity contribution in [2.24, 2.45) is 0 Å². The van der Waals surface area contributed by atoms with E-state index in [4.69, 9.17) is 4.74 Å². The molecule has 1 N–H and O–H groups in total. The summed E-state index contributed by atoms with van der Waals surface area (Å²) in [6.45, 7) is 2.90. The zero-order valence-corrected chi connectivity index (χ0v) is 11.9. The maximum atomic E-state index is 5.52. The van der Waals surface area contributed by atoms with Crippen LogP contribution >= 0.6 is 0 Å². The van der Waals surface area contributed by atoms with E-state index in [2.05, 4.69) is 53.7 Å². The number of ether oxygens (including phenoxy) is 1. The molecule has 102 valence electrons. The number of hydrogen-bond donors (Lipinski definition) is 1. The molecule has 3 heteroatoms. The number of rotatable bonds is 6. The summed E-state index contributed by atoms with van der Waals surface area (Å²) in [6, 6.07) is 12.6. The van der Waals surface area contributed by atoms with Crippen molar-refractivity contribution in [2.45, 2.75) is 6.54 Å². The normalized spacial score (nSPS) is 11.2. The Morgan fingerprint density at radius 3 is 2.68 bits per heavy atom. The second-order valence-corrected chi connectivity index (χ2v) is 4.81. The molecule has 0 heterocycles. The first kappa shape index (κ1) is 13.8. The van der Waals surface area contributed by atoms with Gasteiger partial charge in [-0.3, -0.25) is 0 Å². The maximum Gasteiger partial charge on any atom is 0.123 e. The molecule has 0 atom stereocenters. The van der Waals surface area contributed by atoms with Crippen molar-refractivity contribution >= 4 is 10.8 Å². The van der Waals surface area contributed by atoms with Crippen LogP contribution in [-0.4, -0.2) is 39.2 Å². The largest absolute Gasteiger partial charge is 0.496 e. The third-order valence-electron chi connectivity index (χ3n) is 3.39. The SMILES string of the molecule is CNCCN(C)Cc1c(OC)ccc2ccccc12. The van der Waals surface area contributed by atoms with E-state index in [1.54, 1.807) is 7.11 Å². The van der Waals surface area contributed by atoms with Crippen LogP contribution in [0, 0.1) is 0 Å². The minimum atomic E-state index is 0.895. The van der Waals surface area contributed by atoms with Crippen molar-refractivity contribution in [1.29, 1.82) is 0 Å². The van der Waals surface area contributed by atoms with Crippen LogP contribution in [0.2, 0.25) is 0 Å². The number of nitrogens with zero attached hydrogens (tertiary/aromatic N) is 1. The fourth-order valence-corrected chi connectivity index (χ4v) is 2.32. The van der Waals surface area contributed by atoms with Crippen molar-refractivity contribution in [3.8, 4) is 5.75 Å². The summed E-state index contributed by atoms with van der Waals surface area (Å²) >= 11 is 0. The lowest BCUT2D eigenvalue weighted by molar-refractivity contribution is 0.320. The van der Waals surface area contributed by atoms with E-state index in [0.29, 0.717) is 0 Å². The Hall–Kier alpha value is -1.58. The molecule has 0 spiro atoms. The van der Waals surface area contributed by atoms with Gasteiger partial charge < -0.3 is 15.0 Å². The first-order valence-corrected chi connectivity index (χ1v) is 6.64. The minimum Gasteiger partial charge on any atom is -0.496 e. The Morgan fingerprint density at radius 1 is 1.16 bits per heavy atom. The Bertz CT molecular complexity index is 539. The number of hydrogen-bond acceptors (Lipinski definition) is 3. The highest BCUT2D eigenvalue weighted by molar-refractivity contribution is 5.87. The molecule has 0 radical (unpaired) electrons. The zero-order chi connectivity index (χ0) is 13.7. The Labute approximate surface area is 115 Å². The van der Waals surface area contributed by atoms with Crippen LogP contribution in [0.25, 0.3) is 10.8 Å². The van der Waals surface area contributed by atoms with Gasteiger partial charge >= 0.3 is 0 Å². The van der Waals surface area contributed by atoms with Gasteiger partial charge in [-0.05, 0) is 30.9 Å². The van der Waals surface area contributed by atoms with Gasteiger partial charge in [-0.2, -0.15) is 0 Å². The van der Waals surface area contributed by atoms with Crippen molar-refractivity contribution in [1.82, 2.24) is 10.2 Å². The lowest BCUT2D eigenvalue weighted by atomic mass is 10.0. The summed E-state index contributed by atoms with van der Waals surface area (Å²) in [4.78, 5) is 2.31. The van der Waals surface area contributed by atoms with Crippen LogP contribution in [0.4, 0.5) is 0 Å². The molecule has 0 fully saturated rings. The summed E-state index contributed by atoms with van der Waals surface area (Å²) in [7, 11) is 5.85. The van der Waals surface area contributed by atoms with Crippen LogP contribution in [-0.2, 0) is 6.54 Å². The van der Waals surface area contributed by atoms with Crippen LogP contribution in [0.15, 0.2) is 36.4 Å². The summed E-state index contributed by atoms with van der Waals surface area (Å²) in [5.41, 5.74) is 1.26. The van der Waals surface area contributed by atoms with Gasteiger partial charge in [0.15, 0.2) is 0 Å². The summed E-state index contributed by atoms with van der Waals surface area (Å²) in [5, 5.41) is 5.72. The van der Waals surface area contributed by atoms with Gasteiger partial charge in [-0.15, -0.1) is 0 Å². The van der Waals surface area contributed by atoms with E-state index in [1.807, 2.05) is 7.05 Å². The molecule has 0 aliphatic carbocycles. The number of benzene rings is 2. The average molecular weight is 258 g/mol. The van der Waals surface area contributed by atoms with Crippen molar-refractivity contribution < 1.29 is 4.74 Å². The Kier molecular flexibility index (Phi) is 4.77. The van der Waals surface area contributed by atoms with E-state index in [-0.39, 0.29) is 0 Å². The highest BCUT2D eigenvalue weighted by Crippen LogP contribution is 2.28. The molecule has 0 aromatic heterocycles. The molecule has 0 aliphatic heterocycles. The van der Waals surface area contributed by atoms with Crippen molar-refractivity contribution in [3.05, 3.63) is 42.0 Å². The third kappa shape index (κ3) is 3.25. The molecule has 0 saturated carbocycles. The van der Waals surface area contributed by atoms with Gasteiger partial charge in [0.25, 0.3) is 0 Å². The molecule has 0 bridgehead atoms. The summed E-state index contributed by atoms with van der Waals surface area (Å²) in [5.74, 6) is 0.968. The molecule has 2 aromatic rings. The fraction of sp³-hybridized carbons (Fsp3) is 0.375. The van der Waals surface area contributed by atoms with Gasteiger partial charge in [0.2, 0.25) is 0 Å². The van der Waals surface area contributed by atoms with Gasteiger partial charge in [0, 0.05) is 25.2 Å². The third-order valence-corrected chi connectivity index (χ3v) is 3.39. The van der Waals surface area contributed by atoms with Crippen molar-refractivity contribution in [2.75, 3.05) is 34.3 Å². The Morgan fingerprint density at radius 2 is 1.95 bits per heavy atom. The lowest BCUT2D eigenvalue weighted by Gasteiger charge is -2.19. The van der Waals surface area contributed by atoms with E-state index in [0.717, 1.165) is 25.4 Å². The predicted octanol–water partition coefficient (Wildman–Crippen LogP) is 2.50. The summed E-state index contributed by atoms with van der Waals surface area (Å²) in [6.07, 6.45) is 0. The smallest absolute Gasteiger partial charge is 0.123 e. The number of nitrogens with one attached hydrogen (secondary N) is 1. The van der Waals surface area contributed by atoms with E-state index in [1.165, 1.54) is 16.3 Å². The van der Waals surface area contributed by atoms with Gasteiger partial charge in [-0.25, -0.2) is 0 Å². The van der Waals surface area contributed by atoms with Gasteiger partial charge in [0.1, 0.15) is 5.75 Å². The van der Waals surface area contributed by atoms with Gasteiger partial charge in [0.05, 0.1) is 7.11 Å². The van der Waals surface area contributed by atoms with Crippen LogP contribution in [0.1, 0.15) is 5.56 Å². The first-order chi connectivity index (χ1) is 9.26. The second kappa shape index (κ2) is 6.55. The summed E-state index contributed by atoms with van der Waals surface area (Å²) < 4.78 is 5.52. The number of fused-ring (bicyclic) bond motifs is 1. The molecule has 0 aliphatic rings. The Balaban J connectivity index is 2.33. The molecule has 0 amide bonds. The highest BCUT2D eigenvalue weighted by Gasteiger charge is 2.10. The molecular formula is C16H22N2O. The average Bonchev–Trinajstić information content (AvgIpc) is 2.45. The van der Waals surface area contributed by atoms with E-state index in [9.17, 15) is 0 Å². The second-order valence-electron chi connectivity index (χ2n) is 4.81. The molecular weight excluding hydrogens is 236 g/mol. The molecule has 2 aromatic carbocycles. The molecule has 19 heavy (non-hydrogen) atoms. The van der Waals surface area contributed by atoms with E-state index >= 15 is 0 Å². The fourth-order valence-electron chi connectivity index (χ4n) is 2.32. The van der Waals surface area contributed by atoms with E-state index < -0.39 is 0 Å². The maximum absolute atomic E-state index is 5.52. The standard InChI is InChI=1S/C16H22N2O/c1-17-10-11-18(2)12-15-14-7-5-4-6-13(14)8-9-16(15)19-3/h4-9,17H,10-12H2,1-3H3. The lowest BCUT2D eigenvalue weighted by Crippen LogP contribution is -2.27. The van der Waals surface area contributed by atoms with Crippen LogP contribution < -0.4 is 10.1 Å².